The number of para-hydroxylation sites is 1. The van der Waals surface area contributed by atoms with Crippen LogP contribution < -0.4 is 81.5 Å². The van der Waals surface area contributed by atoms with Gasteiger partial charge in [0, 0.05) is 75.5 Å². The van der Waals surface area contributed by atoms with Crippen LogP contribution in [0.25, 0.3) is 10.9 Å². The number of aromatic nitrogens is 1. The number of nitrogens with two attached hydrogens (primary N) is 4. The minimum atomic E-state index is -1.52. The van der Waals surface area contributed by atoms with E-state index in [1.165, 1.54) is 58.3 Å². The number of amides is 11. The second-order valence-corrected chi connectivity index (χ2v) is 30.0. The van der Waals surface area contributed by atoms with Crippen LogP contribution in [0.5, 0.6) is 0 Å². The van der Waals surface area contributed by atoms with Crippen molar-refractivity contribution >= 4 is 81.8 Å². The predicted octanol–water partition coefficient (Wildman–Crippen LogP) is 6.99. The zero-order chi connectivity index (χ0) is 83.6. The Morgan fingerprint density at radius 3 is 1.50 bits per heavy atom. The minimum absolute atomic E-state index is 0.0128. The molecule has 2 aromatic carbocycles. The van der Waals surface area contributed by atoms with Crippen LogP contribution in [0.15, 0.2) is 90.1 Å². The second-order valence-electron chi connectivity index (χ2n) is 30.0. The predicted molar refractivity (Wildman–Crippen MR) is 451 cm³/mol. The number of nitrogens with one attached hydrogen (secondary N) is 12. The van der Waals surface area contributed by atoms with Crippen molar-refractivity contribution in [3.8, 4) is 0 Å². The van der Waals surface area contributed by atoms with E-state index >= 15 is 0 Å². The number of fused-ring (bicyclic) bond motifs is 1. The van der Waals surface area contributed by atoms with Gasteiger partial charge in [-0.2, -0.15) is 5.01 Å². The highest BCUT2D eigenvalue weighted by Gasteiger charge is 2.42. The number of H-pyrrole nitrogens is 1. The van der Waals surface area contributed by atoms with Gasteiger partial charge in [-0.1, -0.05) is 183 Å². The molecule has 20 N–H and O–H groups in total. The summed E-state index contributed by atoms with van der Waals surface area (Å²) in [6.07, 6.45) is 36.3. The largest absolute Gasteiger partial charge is 0.370 e. The number of ether oxygens (including phenoxy) is 1. The van der Waals surface area contributed by atoms with Crippen LogP contribution in [0.2, 0.25) is 0 Å². The third-order valence-corrected chi connectivity index (χ3v) is 20.0. The fourth-order valence-electron chi connectivity index (χ4n) is 13.2. The smallest absolute Gasteiger partial charge is 0.265 e. The molecule has 2 heterocycles. The van der Waals surface area contributed by atoms with Gasteiger partial charge in [-0.3, -0.25) is 57.7 Å². The lowest BCUT2D eigenvalue weighted by Gasteiger charge is -2.27. The summed E-state index contributed by atoms with van der Waals surface area (Å²) in [5, 5.41) is 29.8. The summed E-state index contributed by atoms with van der Waals surface area (Å²) in [5.74, 6) is -7.06. The van der Waals surface area contributed by atoms with Gasteiger partial charge in [0.25, 0.3) is 11.8 Å². The molecule has 642 valence electrons. The van der Waals surface area contributed by atoms with E-state index in [1.54, 1.807) is 36.5 Å². The maximum absolute atomic E-state index is 14.7. The van der Waals surface area contributed by atoms with E-state index in [-0.39, 0.29) is 82.5 Å². The van der Waals surface area contributed by atoms with E-state index in [2.05, 4.69) is 107 Å². The molecule has 1 saturated heterocycles. The van der Waals surface area contributed by atoms with Gasteiger partial charge in [-0.25, -0.2) is 5.43 Å². The molecule has 3 aromatic rings. The van der Waals surface area contributed by atoms with Crippen molar-refractivity contribution in [3.63, 3.8) is 0 Å². The van der Waals surface area contributed by atoms with Gasteiger partial charge in [0.05, 0.1) is 6.54 Å². The number of allylic oxidation sites excluding steroid dienone is 4. The molecule has 0 spiro atoms. The molecule has 0 saturated carbocycles. The van der Waals surface area contributed by atoms with Crippen molar-refractivity contribution in [2.45, 2.75) is 308 Å². The van der Waals surface area contributed by atoms with Gasteiger partial charge in [-0.05, 0) is 146 Å². The van der Waals surface area contributed by atoms with Gasteiger partial charge >= 0.3 is 0 Å². The number of nitrogens with zero attached hydrogens (tertiary/aromatic N) is 2. The summed E-state index contributed by atoms with van der Waals surface area (Å²) in [4.78, 5) is 159. The van der Waals surface area contributed by atoms with Crippen molar-refractivity contribution in [2.24, 2.45) is 27.9 Å². The molecule has 0 aliphatic carbocycles. The average Bonchev–Trinajstić information content (AvgIpc) is 1.67. The van der Waals surface area contributed by atoms with Crippen LogP contribution in [0.4, 0.5) is 0 Å². The van der Waals surface area contributed by atoms with E-state index in [1.807, 2.05) is 31.2 Å². The molecule has 2 unspecified atom stereocenters. The number of hydrogen-bond donors (Lipinski definition) is 16. The van der Waals surface area contributed by atoms with Gasteiger partial charge < -0.3 is 85.8 Å². The lowest BCUT2D eigenvalue weighted by Crippen LogP contribution is -2.60. The van der Waals surface area contributed by atoms with Crippen molar-refractivity contribution in [2.75, 3.05) is 45.8 Å². The zero-order valence-electron chi connectivity index (χ0n) is 69.2. The van der Waals surface area contributed by atoms with E-state index < -0.39 is 108 Å². The van der Waals surface area contributed by atoms with Crippen LogP contribution in [0.1, 0.15) is 257 Å². The molecule has 30 heteroatoms. The maximum atomic E-state index is 14.7. The highest BCUT2D eigenvalue weighted by atomic mass is 16.6. The molecule has 8 atom stereocenters. The number of unbranched alkanes of at least 4 members (excludes halogenated alkanes) is 20. The van der Waals surface area contributed by atoms with Gasteiger partial charge in [0.1, 0.15) is 36.3 Å². The fraction of sp³-hybridized carbons (Fsp3) is 0.647. The van der Waals surface area contributed by atoms with Crippen molar-refractivity contribution < 1.29 is 57.5 Å². The van der Waals surface area contributed by atoms with Crippen molar-refractivity contribution in [1.29, 1.82) is 0 Å². The monoisotopic (exact) mass is 1610 g/mol. The van der Waals surface area contributed by atoms with Crippen molar-refractivity contribution in [3.05, 3.63) is 96.2 Å². The molecule has 115 heavy (non-hydrogen) atoms. The number of benzene rings is 2. The molecule has 30 nitrogen and oxygen atoms in total. The Morgan fingerprint density at radius 2 is 0.939 bits per heavy atom. The molecule has 0 radical (unpaired) electrons. The third kappa shape index (κ3) is 42.8. The van der Waals surface area contributed by atoms with E-state index in [0.717, 1.165) is 106 Å². The zero-order valence-corrected chi connectivity index (χ0v) is 69.2. The highest BCUT2D eigenvalue weighted by Crippen LogP contribution is 2.21. The maximum Gasteiger partial charge on any atom is 0.265 e. The highest BCUT2D eigenvalue weighted by molar-refractivity contribution is 5.97. The van der Waals surface area contributed by atoms with Crippen LogP contribution in [0.3, 0.4) is 0 Å². The number of hydrazine groups is 1. The first kappa shape index (κ1) is 98.1. The normalized spacial score (nSPS) is 15.0. The SMILES string of the molecule is CCCCCC/C=C\CCCCCCCC(=O)NCCCNC(=O)C1NN(CC(=O)N[C@@H](CCCC)C(=O)N[C@@H](C)C(=O)N[C@@H](CCCCN)C(=O)N[C@H](Cc2ccccc2)C(=O)N[C@@H](CCCN=C(N)N)C(=O)N[C@@H](Cc2c[nH]c3ccccc23)C(N)=O)C(C(=O)NCCCNC(=O)CCCCCCC/C=C\CCCCCC)O1. The molecule has 1 aliphatic heterocycles. The van der Waals surface area contributed by atoms with Gasteiger partial charge in [-0.15, -0.1) is 0 Å². The molecular formula is C85H140N18O12. The topological polar surface area (TPSA) is 465 Å². The van der Waals surface area contributed by atoms with Crippen LogP contribution in [-0.4, -0.2) is 175 Å². The molecule has 11 amide bonds. The summed E-state index contributed by atoms with van der Waals surface area (Å²) in [5.41, 5.74) is 27.9. The fourth-order valence-corrected chi connectivity index (χ4v) is 13.2. The summed E-state index contributed by atoms with van der Waals surface area (Å²) in [7, 11) is 0. The van der Waals surface area contributed by atoms with Crippen LogP contribution >= 0.6 is 0 Å². The summed E-state index contributed by atoms with van der Waals surface area (Å²) in [6.45, 7) is 8.35. The summed E-state index contributed by atoms with van der Waals surface area (Å²) >= 11 is 0. The molecule has 1 aromatic heterocycles. The summed E-state index contributed by atoms with van der Waals surface area (Å²) < 4.78 is 5.98. The number of guanidine groups is 1. The minimum Gasteiger partial charge on any atom is -0.370 e. The Labute approximate surface area is 682 Å². The lowest BCUT2D eigenvalue weighted by atomic mass is 10.0. The third-order valence-electron chi connectivity index (χ3n) is 20.0. The Morgan fingerprint density at radius 1 is 0.470 bits per heavy atom. The second kappa shape index (κ2) is 60.3. The Kier molecular flexibility index (Phi) is 51.4. The van der Waals surface area contributed by atoms with Crippen LogP contribution in [-0.2, 0) is 70.3 Å². The molecule has 0 bridgehead atoms. The number of carbonyl (C=O) groups is 11. The Bertz CT molecular complexity index is 3440. The molecule has 4 rings (SSSR count). The average molecular weight is 1610 g/mol. The first-order valence-corrected chi connectivity index (χ1v) is 42.7. The number of aromatic amines is 1. The van der Waals surface area contributed by atoms with Gasteiger partial charge in [0.2, 0.25) is 65.6 Å². The Hall–Kier alpha value is -9.26. The molecule has 1 fully saturated rings. The van der Waals surface area contributed by atoms with E-state index in [0.29, 0.717) is 75.6 Å². The lowest BCUT2D eigenvalue weighted by molar-refractivity contribution is -0.144. The molecule has 1 aliphatic rings. The van der Waals surface area contributed by atoms with Gasteiger partial charge in [0.15, 0.2) is 5.96 Å². The Balaban J connectivity index is 1.40. The number of carbonyl (C=O) groups excluding carboxylic acids is 11. The number of primary amides is 1. The van der Waals surface area contributed by atoms with Crippen LogP contribution in [0, 0.1) is 0 Å². The molecular weight excluding hydrogens is 1470 g/mol. The number of hydrogen-bond acceptors (Lipinski definition) is 16. The quantitative estimate of drug-likeness (QED) is 0.0117. The first-order valence-electron chi connectivity index (χ1n) is 42.7. The van der Waals surface area contributed by atoms with E-state index in [4.69, 9.17) is 27.7 Å². The number of rotatable bonds is 65. The standard InChI is InChI=1S/C85H140N18O12/c1-5-8-11-13-15-17-19-21-23-25-27-29-34-50-72(104)90-54-41-56-92-81(113)83-102-103(84(115-83)82(114)93-57-42-55-91-73(105)51-35-30-28-26-24-22-20-18-16-14-12-9-6-2)61-74(106)97-67(46-10-7-3)77(109)96-62(4)76(108)98-68(48-38-39-52-86)79(111)101-71(58-63-43-32-31-33-44-63)80(112)99-69(49-40-53-94-85(88)89)78(110)100-70(75(87)107)59-64-60-95-66-47-37-36-45-65(64)66/h17-20,31-33,36-37,43-45,47,60,62,67-71,83-84,95,102H,5-16,21-30,34-35,38-42,46,48-59,61,86H2,1-4H3,(H2,87,107)(H,90,104)(H,91,105)(H,92,113)(H,93,114)(H,96,109)(H,97,106)(H,98,108)(H,99,112)(H,100,110)(H,101,111)(H4,88,89,94)/b19-17-,20-18-/t62-,67-,68-,69-,70-,71+,83?,84?/m0/s1. The van der Waals surface area contributed by atoms with Crippen molar-refractivity contribution in [1.82, 2.24) is 68.6 Å². The first-order chi connectivity index (χ1) is 55.7. The number of aliphatic imine (C=N–C) groups is 1. The van der Waals surface area contributed by atoms with E-state index in [9.17, 15) is 52.7 Å². The summed E-state index contributed by atoms with van der Waals surface area (Å²) in [6, 6.07) is 8.54.